The number of carbonyl (C=O) groups excluding carboxylic acids is 1. The van der Waals surface area contributed by atoms with E-state index < -0.39 is 0 Å². The average Bonchev–Trinajstić information content (AvgIpc) is 2.96. The van der Waals surface area contributed by atoms with E-state index in [1.807, 2.05) is 24.3 Å². The van der Waals surface area contributed by atoms with Crippen LogP contribution in [-0.4, -0.2) is 30.1 Å². The second-order valence-corrected chi connectivity index (χ2v) is 6.29. The van der Waals surface area contributed by atoms with Crippen LogP contribution in [0.1, 0.15) is 36.7 Å². The van der Waals surface area contributed by atoms with Gasteiger partial charge < -0.3 is 15.0 Å². The van der Waals surface area contributed by atoms with Gasteiger partial charge in [0.25, 0.3) is 5.91 Å². The van der Waals surface area contributed by atoms with Gasteiger partial charge in [-0.1, -0.05) is 18.5 Å². The van der Waals surface area contributed by atoms with Gasteiger partial charge >= 0.3 is 0 Å². The SMILES string of the molecule is CCC(NC(=O)c1cc2cc(Cl)ccc2[nH]1)C1CCOCC1. The van der Waals surface area contributed by atoms with Crippen LogP contribution >= 0.6 is 11.6 Å². The van der Waals surface area contributed by atoms with E-state index in [0.29, 0.717) is 16.6 Å². The lowest BCUT2D eigenvalue weighted by Crippen LogP contribution is -2.42. The Balaban J connectivity index is 1.73. The molecule has 0 bridgehead atoms. The standard InChI is InChI=1S/C17H21ClN2O2/c1-2-14(11-5-7-22-8-6-11)20-17(21)16-10-12-9-13(18)3-4-15(12)19-16/h3-4,9-11,14,19H,2,5-8H2,1H3,(H,20,21). The maximum atomic E-state index is 12.5. The topological polar surface area (TPSA) is 54.1 Å². The van der Waals surface area contributed by atoms with Gasteiger partial charge in [-0.3, -0.25) is 4.79 Å². The van der Waals surface area contributed by atoms with Gasteiger partial charge in [0.05, 0.1) is 0 Å². The molecule has 0 spiro atoms. The Kier molecular flexibility index (Phi) is 4.69. The molecule has 1 unspecified atom stereocenters. The van der Waals surface area contributed by atoms with Crippen LogP contribution < -0.4 is 5.32 Å². The first-order valence-corrected chi connectivity index (χ1v) is 8.22. The van der Waals surface area contributed by atoms with Crippen molar-refractivity contribution in [3.63, 3.8) is 0 Å². The first-order valence-electron chi connectivity index (χ1n) is 7.84. The van der Waals surface area contributed by atoms with Crippen molar-refractivity contribution in [2.24, 2.45) is 5.92 Å². The molecule has 0 saturated carbocycles. The molecule has 0 aliphatic carbocycles. The zero-order valence-corrected chi connectivity index (χ0v) is 13.5. The summed E-state index contributed by atoms with van der Waals surface area (Å²) >= 11 is 5.99. The van der Waals surface area contributed by atoms with E-state index in [4.69, 9.17) is 16.3 Å². The first kappa shape index (κ1) is 15.4. The van der Waals surface area contributed by atoms with Crippen LogP contribution in [0.15, 0.2) is 24.3 Å². The molecule has 1 aromatic carbocycles. The van der Waals surface area contributed by atoms with Crippen molar-refractivity contribution in [1.82, 2.24) is 10.3 Å². The molecule has 2 aromatic rings. The number of hydrogen-bond acceptors (Lipinski definition) is 2. The van der Waals surface area contributed by atoms with Gasteiger partial charge in [0.15, 0.2) is 0 Å². The fourth-order valence-corrected chi connectivity index (χ4v) is 3.32. The summed E-state index contributed by atoms with van der Waals surface area (Å²) in [5.74, 6) is 0.451. The van der Waals surface area contributed by atoms with E-state index in [1.165, 1.54) is 0 Å². The molecule has 22 heavy (non-hydrogen) atoms. The van der Waals surface area contributed by atoms with Crippen LogP contribution in [0.3, 0.4) is 0 Å². The van der Waals surface area contributed by atoms with Crippen molar-refractivity contribution >= 4 is 28.4 Å². The highest BCUT2D eigenvalue weighted by molar-refractivity contribution is 6.31. The predicted octanol–water partition coefficient (Wildman–Crippen LogP) is 3.76. The predicted molar refractivity (Wildman–Crippen MR) is 88.4 cm³/mol. The molecular weight excluding hydrogens is 300 g/mol. The van der Waals surface area contributed by atoms with Crippen molar-refractivity contribution in [1.29, 1.82) is 0 Å². The number of H-pyrrole nitrogens is 1. The number of amides is 1. The zero-order chi connectivity index (χ0) is 15.5. The van der Waals surface area contributed by atoms with E-state index in [9.17, 15) is 4.79 Å². The van der Waals surface area contributed by atoms with Crippen LogP contribution in [0.5, 0.6) is 0 Å². The van der Waals surface area contributed by atoms with Crippen LogP contribution in [0.4, 0.5) is 0 Å². The van der Waals surface area contributed by atoms with E-state index >= 15 is 0 Å². The molecule has 1 aromatic heterocycles. The highest BCUT2D eigenvalue weighted by Crippen LogP contribution is 2.23. The maximum Gasteiger partial charge on any atom is 0.267 e. The highest BCUT2D eigenvalue weighted by Gasteiger charge is 2.24. The summed E-state index contributed by atoms with van der Waals surface area (Å²) in [6.45, 7) is 3.70. The molecule has 2 heterocycles. The second-order valence-electron chi connectivity index (χ2n) is 5.85. The van der Waals surface area contributed by atoms with Crippen molar-refractivity contribution in [3.05, 3.63) is 35.0 Å². The minimum absolute atomic E-state index is 0.0503. The number of fused-ring (bicyclic) bond motifs is 1. The zero-order valence-electron chi connectivity index (χ0n) is 12.7. The van der Waals surface area contributed by atoms with Gasteiger partial charge in [-0.05, 0) is 49.4 Å². The Bertz CT molecular complexity index is 662. The van der Waals surface area contributed by atoms with Crippen LogP contribution in [-0.2, 0) is 4.74 Å². The lowest BCUT2D eigenvalue weighted by molar-refractivity contribution is 0.0510. The number of aromatic amines is 1. The smallest absolute Gasteiger partial charge is 0.267 e. The van der Waals surface area contributed by atoms with E-state index in [-0.39, 0.29) is 11.9 Å². The Morgan fingerprint density at radius 1 is 1.41 bits per heavy atom. The number of nitrogens with one attached hydrogen (secondary N) is 2. The fourth-order valence-electron chi connectivity index (χ4n) is 3.14. The van der Waals surface area contributed by atoms with Crippen LogP contribution in [0.25, 0.3) is 10.9 Å². The summed E-state index contributed by atoms with van der Waals surface area (Å²) in [6, 6.07) is 7.63. The Hall–Kier alpha value is -1.52. The molecule has 0 radical (unpaired) electrons. The van der Waals surface area contributed by atoms with E-state index in [0.717, 1.165) is 43.4 Å². The largest absolute Gasteiger partial charge is 0.381 e. The monoisotopic (exact) mass is 320 g/mol. The van der Waals surface area contributed by atoms with Crippen molar-refractivity contribution in [3.8, 4) is 0 Å². The Morgan fingerprint density at radius 3 is 2.91 bits per heavy atom. The van der Waals surface area contributed by atoms with Crippen LogP contribution in [0, 0.1) is 5.92 Å². The molecule has 1 saturated heterocycles. The molecule has 3 rings (SSSR count). The quantitative estimate of drug-likeness (QED) is 0.901. The number of hydrogen-bond donors (Lipinski definition) is 2. The summed E-state index contributed by atoms with van der Waals surface area (Å²) in [4.78, 5) is 15.7. The number of halogens is 1. The van der Waals surface area contributed by atoms with E-state index in [1.54, 1.807) is 0 Å². The third-order valence-corrected chi connectivity index (χ3v) is 4.65. The molecule has 1 fully saturated rings. The van der Waals surface area contributed by atoms with Crippen LogP contribution in [0.2, 0.25) is 5.02 Å². The maximum absolute atomic E-state index is 12.5. The van der Waals surface area contributed by atoms with Gasteiger partial charge in [-0.25, -0.2) is 0 Å². The molecular formula is C17H21ClN2O2. The number of ether oxygens (including phenoxy) is 1. The van der Waals surface area contributed by atoms with Gasteiger partial charge in [0.2, 0.25) is 0 Å². The summed E-state index contributed by atoms with van der Waals surface area (Å²) < 4.78 is 5.40. The van der Waals surface area contributed by atoms with Crippen molar-refractivity contribution in [2.45, 2.75) is 32.2 Å². The van der Waals surface area contributed by atoms with Crippen molar-refractivity contribution < 1.29 is 9.53 Å². The molecule has 1 aliphatic rings. The normalized spacial score (nSPS) is 17.5. The minimum atomic E-state index is -0.0503. The third kappa shape index (κ3) is 3.28. The molecule has 1 atom stereocenters. The van der Waals surface area contributed by atoms with Gasteiger partial charge in [0, 0.05) is 35.2 Å². The van der Waals surface area contributed by atoms with Gasteiger partial charge in [-0.15, -0.1) is 0 Å². The summed E-state index contributed by atoms with van der Waals surface area (Å²) in [5.41, 5.74) is 1.51. The molecule has 2 N–H and O–H groups in total. The summed E-state index contributed by atoms with van der Waals surface area (Å²) in [7, 11) is 0. The second kappa shape index (κ2) is 6.71. The summed E-state index contributed by atoms with van der Waals surface area (Å²) in [5, 5.41) is 4.80. The molecule has 1 amide bonds. The average molecular weight is 321 g/mol. The van der Waals surface area contributed by atoms with Gasteiger partial charge in [-0.2, -0.15) is 0 Å². The minimum Gasteiger partial charge on any atom is -0.381 e. The molecule has 4 nitrogen and oxygen atoms in total. The highest BCUT2D eigenvalue weighted by atomic mass is 35.5. The molecule has 118 valence electrons. The van der Waals surface area contributed by atoms with Crippen molar-refractivity contribution in [2.75, 3.05) is 13.2 Å². The molecule has 5 heteroatoms. The van der Waals surface area contributed by atoms with E-state index in [2.05, 4.69) is 17.2 Å². The third-order valence-electron chi connectivity index (χ3n) is 4.42. The number of benzene rings is 1. The number of rotatable bonds is 4. The fraction of sp³-hybridized carbons (Fsp3) is 0.471. The number of carbonyl (C=O) groups is 1. The molecule has 1 aliphatic heterocycles. The Labute approximate surface area is 135 Å². The summed E-state index contributed by atoms with van der Waals surface area (Å²) in [6.07, 6.45) is 2.96. The lowest BCUT2D eigenvalue weighted by Gasteiger charge is -2.30. The lowest BCUT2D eigenvalue weighted by atomic mass is 9.90. The first-order chi connectivity index (χ1) is 10.7. The van der Waals surface area contributed by atoms with Gasteiger partial charge in [0.1, 0.15) is 5.69 Å². The number of aromatic nitrogens is 1. The Morgan fingerprint density at radius 2 is 2.18 bits per heavy atom.